The molecular weight excluding hydrogens is 410 g/mol. The van der Waals surface area contributed by atoms with E-state index in [9.17, 15) is 10.0 Å². The minimum atomic E-state index is -0.193. The molecule has 0 heterocycles. The third-order valence-electron chi connectivity index (χ3n) is 10.6. The highest BCUT2D eigenvalue weighted by Crippen LogP contribution is 2.67. The zero-order chi connectivity index (χ0) is 24.0. The quantitative estimate of drug-likeness (QED) is 0.257. The molecule has 0 saturated heterocycles. The number of hydrogen-bond acceptors (Lipinski definition) is 4. The molecule has 186 valence electrons. The Morgan fingerprint density at radius 1 is 1.12 bits per heavy atom. The molecule has 4 heteroatoms. The number of fused-ring (bicyclic) bond motifs is 5. The Labute approximate surface area is 201 Å². The maximum absolute atomic E-state index is 11.5. The van der Waals surface area contributed by atoms with Gasteiger partial charge in [-0.15, -0.1) is 0 Å². The summed E-state index contributed by atoms with van der Waals surface area (Å²) in [5.74, 6) is 3.67. The van der Waals surface area contributed by atoms with Crippen LogP contribution in [0.4, 0.5) is 0 Å². The van der Waals surface area contributed by atoms with Gasteiger partial charge in [0.15, 0.2) is 0 Å². The summed E-state index contributed by atoms with van der Waals surface area (Å²) in [7, 11) is 0. The molecule has 0 radical (unpaired) electrons. The summed E-state index contributed by atoms with van der Waals surface area (Å²) in [5.41, 5.74) is 2.73. The summed E-state index contributed by atoms with van der Waals surface area (Å²) in [6.45, 7) is 13.7. The van der Waals surface area contributed by atoms with E-state index in [1.807, 2.05) is 0 Å². The van der Waals surface area contributed by atoms with E-state index in [2.05, 4.69) is 45.9 Å². The number of rotatable bonds is 6. The maximum atomic E-state index is 11.5. The molecule has 1 N–H and O–H groups in total. The number of oxime groups is 1. The summed E-state index contributed by atoms with van der Waals surface area (Å²) in [4.78, 5) is 11.5. The molecule has 0 aliphatic heterocycles. The van der Waals surface area contributed by atoms with Crippen LogP contribution in [0.3, 0.4) is 0 Å². The normalized spacial score (nSPS) is 42.3. The second kappa shape index (κ2) is 9.38. The molecule has 4 aliphatic rings. The molecule has 4 nitrogen and oxygen atoms in total. The van der Waals surface area contributed by atoms with Gasteiger partial charge in [0, 0.05) is 19.3 Å². The molecule has 8 atom stereocenters. The van der Waals surface area contributed by atoms with Crippen LogP contribution in [0.5, 0.6) is 0 Å². The van der Waals surface area contributed by atoms with Gasteiger partial charge in [-0.05, 0) is 85.0 Å². The van der Waals surface area contributed by atoms with Gasteiger partial charge in [-0.2, -0.15) is 0 Å². The molecular formula is C29H47NO3. The molecule has 3 fully saturated rings. The van der Waals surface area contributed by atoms with E-state index in [0.717, 1.165) is 42.7 Å². The van der Waals surface area contributed by atoms with Gasteiger partial charge in [0.05, 0.1) is 5.71 Å². The minimum Gasteiger partial charge on any atom is -0.462 e. The van der Waals surface area contributed by atoms with Gasteiger partial charge in [0.2, 0.25) is 0 Å². The first-order valence-electron chi connectivity index (χ1n) is 13.7. The van der Waals surface area contributed by atoms with E-state index < -0.39 is 0 Å². The van der Waals surface area contributed by atoms with Crippen LogP contribution in [0.15, 0.2) is 16.8 Å². The zero-order valence-corrected chi connectivity index (χ0v) is 21.9. The van der Waals surface area contributed by atoms with Gasteiger partial charge in [-0.25, -0.2) is 0 Å². The fourth-order valence-corrected chi connectivity index (χ4v) is 8.85. The van der Waals surface area contributed by atoms with E-state index in [4.69, 9.17) is 4.74 Å². The van der Waals surface area contributed by atoms with Gasteiger partial charge in [-0.1, -0.05) is 64.6 Å². The van der Waals surface area contributed by atoms with Crippen molar-refractivity contribution in [2.75, 3.05) is 0 Å². The lowest BCUT2D eigenvalue weighted by Gasteiger charge is -2.58. The number of carbonyl (C=O) groups is 1. The molecule has 0 aromatic heterocycles. The van der Waals surface area contributed by atoms with Crippen molar-refractivity contribution in [2.24, 2.45) is 51.5 Å². The van der Waals surface area contributed by atoms with Crippen molar-refractivity contribution in [3.63, 3.8) is 0 Å². The van der Waals surface area contributed by atoms with Crippen LogP contribution < -0.4 is 0 Å². The second-order valence-corrected chi connectivity index (χ2v) is 12.9. The molecule has 1 unspecified atom stereocenters. The largest absolute Gasteiger partial charge is 0.462 e. The zero-order valence-electron chi connectivity index (χ0n) is 21.9. The fourth-order valence-electron chi connectivity index (χ4n) is 8.85. The lowest BCUT2D eigenvalue weighted by Crippen LogP contribution is -2.54. The summed E-state index contributed by atoms with van der Waals surface area (Å²) in [6.07, 6.45) is 14.1. The highest BCUT2D eigenvalue weighted by Gasteiger charge is 2.61. The Hall–Kier alpha value is -1.32. The predicted octanol–water partition coefficient (Wildman–Crippen LogP) is 7.40. The SMILES string of the molecule is CC(=O)O[C@H]1CC[C@@]2(C)C(=C/C(=N\O)C3[C@@H]4CC[C@H]([C@H](C)CCCC(C)C)[C@@]4(C)CC[C@@H]32)C1. The number of nitrogens with zero attached hydrogens (tertiary/aromatic N) is 1. The first-order valence-corrected chi connectivity index (χ1v) is 13.7. The second-order valence-electron chi connectivity index (χ2n) is 12.9. The minimum absolute atomic E-state index is 0.0327. The van der Waals surface area contributed by atoms with Gasteiger partial charge in [0.1, 0.15) is 6.10 Å². The predicted molar refractivity (Wildman–Crippen MR) is 133 cm³/mol. The summed E-state index contributed by atoms with van der Waals surface area (Å²) in [5, 5.41) is 14.0. The molecule has 33 heavy (non-hydrogen) atoms. The van der Waals surface area contributed by atoms with Crippen molar-refractivity contribution in [2.45, 2.75) is 112 Å². The Morgan fingerprint density at radius 2 is 1.88 bits per heavy atom. The van der Waals surface area contributed by atoms with Crippen molar-refractivity contribution in [1.82, 2.24) is 0 Å². The van der Waals surface area contributed by atoms with Crippen LogP contribution in [0.2, 0.25) is 0 Å². The number of esters is 1. The number of carbonyl (C=O) groups excluding carboxylic acids is 1. The highest BCUT2D eigenvalue weighted by atomic mass is 16.5. The monoisotopic (exact) mass is 457 g/mol. The number of allylic oxidation sites excluding steroid dienone is 1. The molecule has 0 aromatic rings. The molecule has 0 bridgehead atoms. The Bertz CT molecular complexity index is 801. The third-order valence-corrected chi connectivity index (χ3v) is 10.6. The number of ether oxygens (including phenoxy) is 1. The van der Waals surface area contributed by atoms with Crippen LogP contribution in [-0.4, -0.2) is 23.0 Å². The van der Waals surface area contributed by atoms with E-state index >= 15 is 0 Å². The molecule has 0 amide bonds. The van der Waals surface area contributed by atoms with Gasteiger partial charge in [-0.3, -0.25) is 4.79 Å². The average Bonchev–Trinajstić information content (AvgIpc) is 3.10. The molecule has 0 aromatic carbocycles. The van der Waals surface area contributed by atoms with Crippen LogP contribution in [0, 0.1) is 46.3 Å². The van der Waals surface area contributed by atoms with Gasteiger partial charge >= 0.3 is 5.97 Å². The standard InChI is InChI=1S/C29H47NO3/c1-18(2)8-7-9-19(3)23-10-11-24-27-25(13-15-29(23,24)6)28(5)14-12-22(33-20(4)31)16-21(28)17-26(27)30-32/h17-19,22-25,27,32H,7-16H2,1-6H3/b30-26+/t19-,22+,23-,24+,25+,27?,28+,29-/m1/s1. The first kappa shape index (κ1) is 24.8. The Morgan fingerprint density at radius 3 is 2.55 bits per heavy atom. The van der Waals surface area contributed by atoms with Crippen molar-refractivity contribution in [3.8, 4) is 0 Å². The van der Waals surface area contributed by atoms with Crippen LogP contribution in [-0.2, 0) is 9.53 Å². The molecule has 4 rings (SSSR count). The van der Waals surface area contributed by atoms with Crippen molar-refractivity contribution in [3.05, 3.63) is 11.6 Å². The van der Waals surface area contributed by atoms with Crippen molar-refractivity contribution >= 4 is 11.7 Å². The third kappa shape index (κ3) is 4.41. The average molecular weight is 458 g/mol. The lowest BCUT2D eigenvalue weighted by molar-refractivity contribution is -0.148. The van der Waals surface area contributed by atoms with E-state index in [1.54, 1.807) is 0 Å². The van der Waals surface area contributed by atoms with E-state index in [0.29, 0.717) is 23.2 Å². The van der Waals surface area contributed by atoms with Crippen molar-refractivity contribution in [1.29, 1.82) is 0 Å². The van der Waals surface area contributed by atoms with Crippen LogP contribution in [0.25, 0.3) is 0 Å². The molecule has 4 aliphatic carbocycles. The van der Waals surface area contributed by atoms with E-state index in [1.165, 1.54) is 57.4 Å². The number of hydrogen-bond donors (Lipinski definition) is 1. The summed E-state index contributed by atoms with van der Waals surface area (Å²) in [6, 6.07) is 0. The van der Waals surface area contributed by atoms with Crippen LogP contribution >= 0.6 is 0 Å². The fraction of sp³-hybridized carbons (Fsp3) is 0.862. The summed E-state index contributed by atoms with van der Waals surface area (Å²) >= 11 is 0. The summed E-state index contributed by atoms with van der Waals surface area (Å²) < 4.78 is 5.58. The Balaban J connectivity index is 1.56. The Kier molecular flexibility index (Phi) is 7.05. The maximum Gasteiger partial charge on any atom is 0.302 e. The smallest absolute Gasteiger partial charge is 0.302 e. The van der Waals surface area contributed by atoms with Gasteiger partial charge < -0.3 is 9.94 Å². The first-order chi connectivity index (χ1) is 15.6. The lowest BCUT2D eigenvalue weighted by atomic mass is 9.46. The molecule has 0 spiro atoms. The molecule has 3 saturated carbocycles. The van der Waals surface area contributed by atoms with Crippen LogP contribution in [0.1, 0.15) is 106 Å². The van der Waals surface area contributed by atoms with E-state index in [-0.39, 0.29) is 17.5 Å². The van der Waals surface area contributed by atoms with Crippen molar-refractivity contribution < 1.29 is 14.7 Å². The highest BCUT2D eigenvalue weighted by molar-refractivity contribution is 5.99. The topological polar surface area (TPSA) is 58.9 Å². The van der Waals surface area contributed by atoms with Gasteiger partial charge in [0.25, 0.3) is 0 Å².